The Labute approximate surface area is 208 Å². The lowest BCUT2D eigenvalue weighted by Gasteiger charge is -2.20. The molecule has 1 heterocycles. The average Bonchev–Trinajstić information content (AvgIpc) is 2.89. The van der Waals surface area contributed by atoms with Gasteiger partial charge >= 0.3 is 5.97 Å². The van der Waals surface area contributed by atoms with Crippen molar-refractivity contribution < 1.29 is 18.7 Å². The van der Waals surface area contributed by atoms with Crippen molar-refractivity contribution in [3.05, 3.63) is 129 Å². The summed E-state index contributed by atoms with van der Waals surface area (Å²) in [6, 6.07) is 21.6. The summed E-state index contributed by atoms with van der Waals surface area (Å²) in [6.07, 6.45) is 1.68. The number of hydrogen-bond acceptors (Lipinski definition) is 4. The second-order valence-electron chi connectivity index (χ2n) is 8.75. The Balaban J connectivity index is 1.67. The van der Waals surface area contributed by atoms with Gasteiger partial charge < -0.3 is 9.72 Å². The third-order valence-corrected chi connectivity index (χ3v) is 6.39. The quantitative estimate of drug-likeness (QED) is 0.259. The minimum absolute atomic E-state index is 0.0767. The number of aromatic nitrogens is 1. The molecular weight excluding hydrogens is 457 g/mol. The molecule has 3 aromatic carbocycles. The minimum Gasteiger partial charge on any atom is -0.465 e. The molecule has 0 saturated heterocycles. The number of carbonyl (C=O) groups excluding carboxylic acids is 2. The highest BCUT2D eigenvalue weighted by Crippen LogP contribution is 2.33. The summed E-state index contributed by atoms with van der Waals surface area (Å²) in [5, 5.41) is 0. The maximum atomic E-state index is 14.4. The zero-order valence-corrected chi connectivity index (χ0v) is 20.3. The van der Waals surface area contributed by atoms with Crippen LogP contribution in [0.4, 0.5) is 4.39 Å². The molecule has 4 rings (SSSR count). The predicted octanol–water partition coefficient (Wildman–Crippen LogP) is 5.99. The first kappa shape index (κ1) is 24.8. The number of pyridine rings is 1. The number of Topliss-reactive ketones (excluding diaryl/α,β-unsaturated/α-hetero) is 1. The van der Waals surface area contributed by atoms with Crippen molar-refractivity contribution in [2.75, 3.05) is 7.11 Å². The van der Waals surface area contributed by atoms with Crippen LogP contribution in [0.5, 0.6) is 0 Å². The van der Waals surface area contributed by atoms with Crippen molar-refractivity contribution in [3.63, 3.8) is 0 Å². The number of carbonyl (C=O) groups is 2. The third-order valence-electron chi connectivity index (χ3n) is 6.39. The molecule has 0 amide bonds. The van der Waals surface area contributed by atoms with Crippen LogP contribution >= 0.6 is 0 Å². The van der Waals surface area contributed by atoms with Gasteiger partial charge in [-0.3, -0.25) is 9.59 Å². The van der Waals surface area contributed by atoms with Gasteiger partial charge in [0, 0.05) is 29.7 Å². The molecule has 0 saturated carbocycles. The Hall–Kier alpha value is -4.32. The first-order valence-electron chi connectivity index (χ1n) is 11.5. The van der Waals surface area contributed by atoms with Crippen LogP contribution in [0.15, 0.2) is 83.8 Å². The van der Waals surface area contributed by atoms with Gasteiger partial charge in [-0.2, -0.15) is 0 Å². The van der Waals surface area contributed by atoms with Crippen LogP contribution in [0, 0.1) is 19.7 Å². The van der Waals surface area contributed by atoms with Gasteiger partial charge in [-0.1, -0.05) is 54.6 Å². The van der Waals surface area contributed by atoms with E-state index in [1.54, 1.807) is 19.1 Å². The molecule has 5 nitrogen and oxygen atoms in total. The molecule has 36 heavy (non-hydrogen) atoms. The lowest BCUT2D eigenvalue weighted by Crippen LogP contribution is -2.14. The lowest BCUT2D eigenvalue weighted by atomic mass is 9.83. The molecule has 0 aliphatic carbocycles. The number of benzene rings is 3. The van der Waals surface area contributed by atoms with E-state index in [1.165, 1.54) is 25.4 Å². The number of halogens is 1. The van der Waals surface area contributed by atoms with Gasteiger partial charge in [0.25, 0.3) is 5.56 Å². The molecule has 0 spiro atoms. The van der Waals surface area contributed by atoms with E-state index >= 15 is 0 Å². The summed E-state index contributed by atoms with van der Waals surface area (Å²) in [5.74, 6) is -1.66. The number of rotatable bonds is 7. The largest absolute Gasteiger partial charge is 0.465 e. The fourth-order valence-electron chi connectivity index (χ4n) is 4.33. The fourth-order valence-corrected chi connectivity index (χ4v) is 4.33. The second kappa shape index (κ2) is 10.5. The average molecular weight is 484 g/mol. The summed E-state index contributed by atoms with van der Waals surface area (Å²) in [7, 11) is 1.21. The molecular formula is C30H26FNO4. The topological polar surface area (TPSA) is 76.2 Å². The number of esters is 1. The number of nitrogens with one attached hydrogen (secondary N) is 1. The van der Waals surface area contributed by atoms with Crippen LogP contribution in [-0.2, 0) is 4.74 Å². The van der Waals surface area contributed by atoms with E-state index in [0.717, 1.165) is 22.3 Å². The molecule has 0 aliphatic rings. The summed E-state index contributed by atoms with van der Waals surface area (Å²) >= 11 is 0. The van der Waals surface area contributed by atoms with Gasteiger partial charge in [-0.05, 0) is 59.9 Å². The van der Waals surface area contributed by atoms with E-state index in [0.29, 0.717) is 16.7 Å². The molecule has 1 aromatic heterocycles. The van der Waals surface area contributed by atoms with Gasteiger partial charge in [-0.15, -0.1) is 0 Å². The van der Waals surface area contributed by atoms with Crippen LogP contribution in [0.3, 0.4) is 0 Å². The molecule has 6 heteroatoms. The number of aromatic amines is 1. The summed E-state index contributed by atoms with van der Waals surface area (Å²) in [4.78, 5) is 39.2. The maximum Gasteiger partial charge on any atom is 0.340 e. The van der Waals surface area contributed by atoms with Crippen molar-refractivity contribution in [2.24, 2.45) is 0 Å². The monoisotopic (exact) mass is 483 g/mol. The smallest absolute Gasteiger partial charge is 0.340 e. The van der Waals surface area contributed by atoms with Gasteiger partial charge in [-0.25, -0.2) is 9.18 Å². The molecule has 1 N–H and O–H groups in total. The normalized spacial score (nSPS) is 11.7. The number of H-pyrrole nitrogens is 1. The van der Waals surface area contributed by atoms with Gasteiger partial charge in [0.05, 0.1) is 12.7 Å². The van der Waals surface area contributed by atoms with E-state index in [2.05, 4.69) is 9.72 Å². The Bertz CT molecular complexity index is 1490. The number of ketones is 1. The summed E-state index contributed by atoms with van der Waals surface area (Å²) in [5.41, 5.74) is 5.06. The highest BCUT2D eigenvalue weighted by atomic mass is 19.1. The van der Waals surface area contributed by atoms with E-state index in [1.807, 2.05) is 55.5 Å². The predicted molar refractivity (Wildman–Crippen MR) is 137 cm³/mol. The maximum absolute atomic E-state index is 14.4. The number of hydrogen-bond donors (Lipinski definition) is 1. The van der Waals surface area contributed by atoms with E-state index in [9.17, 15) is 18.8 Å². The van der Waals surface area contributed by atoms with Crippen LogP contribution in [0.1, 0.15) is 55.3 Å². The Morgan fingerprint density at radius 3 is 2.25 bits per heavy atom. The van der Waals surface area contributed by atoms with Crippen LogP contribution in [0.2, 0.25) is 0 Å². The SMILES string of the molecule is COC(=O)c1ccc(-c2ccc(C(CC(=O)c3c[nH]c(=O)c(C)c3)c3ccccc3C)cc2)cc1F. The number of ether oxygens (including phenoxy) is 1. The first-order valence-corrected chi connectivity index (χ1v) is 11.5. The molecule has 0 bridgehead atoms. The highest BCUT2D eigenvalue weighted by molar-refractivity contribution is 5.96. The lowest BCUT2D eigenvalue weighted by molar-refractivity contribution is 0.0595. The zero-order chi connectivity index (χ0) is 25.8. The Morgan fingerprint density at radius 1 is 0.917 bits per heavy atom. The van der Waals surface area contributed by atoms with E-state index in [4.69, 9.17) is 0 Å². The summed E-state index contributed by atoms with van der Waals surface area (Å²) in [6.45, 7) is 3.69. The van der Waals surface area contributed by atoms with Crippen molar-refractivity contribution in [3.8, 4) is 11.1 Å². The molecule has 182 valence electrons. The third kappa shape index (κ3) is 5.18. The molecule has 0 radical (unpaired) electrons. The standard InChI is InChI=1S/C30H26FNO4/c1-18-6-4-5-7-24(18)26(16-28(33)23-14-19(2)29(34)32-17-23)21-10-8-20(9-11-21)22-12-13-25(27(31)15-22)30(35)36-3/h4-15,17,26H,16H2,1-3H3,(H,32,34). The molecule has 1 atom stereocenters. The molecule has 0 aliphatic heterocycles. The molecule has 4 aromatic rings. The van der Waals surface area contributed by atoms with E-state index < -0.39 is 11.8 Å². The zero-order valence-electron chi connectivity index (χ0n) is 20.3. The van der Waals surface area contributed by atoms with Crippen molar-refractivity contribution in [2.45, 2.75) is 26.2 Å². The summed E-state index contributed by atoms with van der Waals surface area (Å²) < 4.78 is 19.1. The minimum atomic E-state index is -0.724. The van der Waals surface area contributed by atoms with Crippen LogP contribution < -0.4 is 5.56 Å². The first-order chi connectivity index (χ1) is 17.3. The fraction of sp³-hybridized carbons (Fsp3) is 0.167. The van der Waals surface area contributed by atoms with E-state index in [-0.39, 0.29) is 29.2 Å². The number of aryl methyl sites for hydroxylation is 2. The van der Waals surface area contributed by atoms with Crippen LogP contribution in [-0.4, -0.2) is 23.8 Å². The van der Waals surface area contributed by atoms with Crippen molar-refractivity contribution in [1.29, 1.82) is 0 Å². The number of methoxy groups -OCH3 is 1. The van der Waals surface area contributed by atoms with Crippen molar-refractivity contribution >= 4 is 11.8 Å². The van der Waals surface area contributed by atoms with Gasteiger partial charge in [0.15, 0.2) is 5.78 Å². The Kier molecular flexibility index (Phi) is 7.25. The second-order valence-corrected chi connectivity index (χ2v) is 8.75. The Morgan fingerprint density at radius 2 is 1.61 bits per heavy atom. The van der Waals surface area contributed by atoms with Gasteiger partial charge in [0.1, 0.15) is 5.82 Å². The molecule has 1 unspecified atom stereocenters. The van der Waals surface area contributed by atoms with Crippen molar-refractivity contribution in [1.82, 2.24) is 4.98 Å². The van der Waals surface area contributed by atoms with Crippen LogP contribution in [0.25, 0.3) is 11.1 Å². The molecule has 0 fully saturated rings. The van der Waals surface area contributed by atoms with Gasteiger partial charge in [0.2, 0.25) is 0 Å². The highest BCUT2D eigenvalue weighted by Gasteiger charge is 2.21.